The summed E-state index contributed by atoms with van der Waals surface area (Å²) >= 11 is 1.56. The maximum Gasteiger partial charge on any atom is 0.256 e. The predicted octanol–water partition coefficient (Wildman–Crippen LogP) is 5.15. The highest BCUT2D eigenvalue weighted by molar-refractivity contribution is 7.16. The smallest absolute Gasteiger partial charge is 0.256 e. The molecule has 0 bridgehead atoms. The van der Waals surface area contributed by atoms with E-state index < -0.39 is 0 Å². The first-order valence-electron chi connectivity index (χ1n) is 8.50. The largest absolute Gasteiger partial charge is 0.312 e. The van der Waals surface area contributed by atoms with Gasteiger partial charge in [0.15, 0.2) is 0 Å². The van der Waals surface area contributed by atoms with Crippen molar-refractivity contribution < 1.29 is 4.79 Å². The minimum Gasteiger partial charge on any atom is -0.312 e. The summed E-state index contributed by atoms with van der Waals surface area (Å²) in [5.74, 6) is 0.482. The Balaban J connectivity index is 1.65. The van der Waals surface area contributed by atoms with Gasteiger partial charge in [-0.25, -0.2) is 0 Å². The van der Waals surface area contributed by atoms with Gasteiger partial charge in [0.2, 0.25) is 0 Å². The molecular formula is C21H18N2OS. The Morgan fingerprint density at radius 2 is 2.04 bits per heavy atom. The van der Waals surface area contributed by atoms with Crippen LogP contribution in [-0.4, -0.2) is 5.91 Å². The number of carbonyl (C=O) groups is 1. The molecule has 0 unspecified atom stereocenters. The van der Waals surface area contributed by atoms with Crippen LogP contribution >= 0.6 is 11.3 Å². The number of anilines is 1. The standard InChI is InChI=1S/C21H18N2OS/c1-13-6-9-17-18(12-22)21(25-19(17)10-13)23-20(24)16-8-7-14-4-2-3-5-15(14)11-16/h2-5,7-8,11,13H,6,9-10H2,1H3,(H,23,24)/t13-/m1/s1. The van der Waals surface area contributed by atoms with E-state index in [2.05, 4.69) is 18.3 Å². The number of hydrogen-bond donors (Lipinski definition) is 1. The van der Waals surface area contributed by atoms with Gasteiger partial charge >= 0.3 is 0 Å². The zero-order valence-electron chi connectivity index (χ0n) is 14.0. The normalized spacial score (nSPS) is 16.2. The molecule has 4 heteroatoms. The number of carbonyl (C=O) groups excluding carboxylic acids is 1. The third-order valence-corrected chi connectivity index (χ3v) is 6.03. The van der Waals surface area contributed by atoms with Crippen molar-refractivity contribution in [3.63, 3.8) is 0 Å². The van der Waals surface area contributed by atoms with Crippen LogP contribution in [-0.2, 0) is 12.8 Å². The molecule has 0 fully saturated rings. The Morgan fingerprint density at radius 3 is 2.84 bits per heavy atom. The molecule has 1 atom stereocenters. The van der Waals surface area contributed by atoms with E-state index >= 15 is 0 Å². The molecule has 2 aromatic carbocycles. The third kappa shape index (κ3) is 2.92. The van der Waals surface area contributed by atoms with Gasteiger partial charge in [-0.2, -0.15) is 5.26 Å². The molecule has 124 valence electrons. The number of amides is 1. The summed E-state index contributed by atoms with van der Waals surface area (Å²) in [5.41, 5.74) is 2.41. The molecule has 1 aliphatic rings. The minimum atomic E-state index is -0.158. The van der Waals surface area contributed by atoms with E-state index in [0.29, 0.717) is 22.0 Å². The average molecular weight is 346 g/mol. The molecule has 0 saturated heterocycles. The molecule has 1 aliphatic carbocycles. The van der Waals surface area contributed by atoms with Crippen molar-refractivity contribution in [1.82, 2.24) is 0 Å². The molecule has 0 radical (unpaired) electrons. The highest BCUT2D eigenvalue weighted by Gasteiger charge is 2.24. The van der Waals surface area contributed by atoms with Crippen LogP contribution in [0, 0.1) is 17.2 Å². The maximum absolute atomic E-state index is 12.7. The van der Waals surface area contributed by atoms with Crippen molar-refractivity contribution in [1.29, 1.82) is 5.26 Å². The summed E-state index contributed by atoms with van der Waals surface area (Å²) in [6.45, 7) is 2.24. The van der Waals surface area contributed by atoms with Gasteiger partial charge in [0.25, 0.3) is 5.91 Å². The first-order chi connectivity index (χ1) is 12.2. The van der Waals surface area contributed by atoms with Gasteiger partial charge in [-0.1, -0.05) is 37.3 Å². The van der Waals surface area contributed by atoms with Crippen LogP contribution in [0.25, 0.3) is 10.8 Å². The van der Waals surface area contributed by atoms with Gasteiger partial charge < -0.3 is 5.32 Å². The van der Waals surface area contributed by atoms with Crippen LogP contribution in [0.2, 0.25) is 0 Å². The van der Waals surface area contributed by atoms with Gasteiger partial charge in [0, 0.05) is 10.4 Å². The maximum atomic E-state index is 12.7. The number of rotatable bonds is 2. The van der Waals surface area contributed by atoms with Gasteiger partial charge in [0.1, 0.15) is 11.1 Å². The highest BCUT2D eigenvalue weighted by Crippen LogP contribution is 2.39. The van der Waals surface area contributed by atoms with Crippen LogP contribution < -0.4 is 5.32 Å². The van der Waals surface area contributed by atoms with Crippen molar-refractivity contribution in [3.05, 3.63) is 64.0 Å². The molecule has 0 spiro atoms. The zero-order valence-corrected chi connectivity index (χ0v) is 14.8. The molecule has 1 N–H and O–H groups in total. The number of nitriles is 1. The number of thiophene rings is 1. The van der Waals surface area contributed by atoms with E-state index in [1.165, 1.54) is 4.88 Å². The molecule has 3 aromatic rings. The summed E-state index contributed by atoms with van der Waals surface area (Å²) in [6, 6.07) is 16.0. The molecule has 25 heavy (non-hydrogen) atoms. The summed E-state index contributed by atoms with van der Waals surface area (Å²) in [7, 11) is 0. The number of nitrogens with one attached hydrogen (secondary N) is 1. The lowest BCUT2D eigenvalue weighted by molar-refractivity contribution is 0.102. The highest BCUT2D eigenvalue weighted by atomic mass is 32.1. The van der Waals surface area contributed by atoms with Crippen molar-refractivity contribution in [3.8, 4) is 6.07 Å². The Morgan fingerprint density at radius 1 is 1.24 bits per heavy atom. The second-order valence-corrected chi connectivity index (χ2v) is 7.79. The fraction of sp³-hybridized carbons (Fsp3) is 0.238. The van der Waals surface area contributed by atoms with Crippen LogP contribution in [0.5, 0.6) is 0 Å². The Labute approximate surface area is 150 Å². The first-order valence-corrected chi connectivity index (χ1v) is 9.32. The Bertz CT molecular complexity index is 1010. The summed E-state index contributed by atoms with van der Waals surface area (Å²) < 4.78 is 0. The lowest BCUT2D eigenvalue weighted by atomic mass is 9.88. The van der Waals surface area contributed by atoms with E-state index in [1.54, 1.807) is 11.3 Å². The van der Waals surface area contributed by atoms with E-state index in [9.17, 15) is 10.1 Å². The Hall–Kier alpha value is -2.64. The van der Waals surface area contributed by atoms with Gasteiger partial charge in [0.05, 0.1) is 5.56 Å². The quantitative estimate of drug-likeness (QED) is 0.697. The summed E-state index contributed by atoms with van der Waals surface area (Å²) in [4.78, 5) is 13.9. The number of nitrogens with zero attached hydrogens (tertiary/aromatic N) is 1. The zero-order chi connectivity index (χ0) is 17.4. The van der Waals surface area contributed by atoms with E-state index in [0.717, 1.165) is 35.6 Å². The topological polar surface area (TPSA) is 52.9 Å². The molecule has 1 amide bonds. The molecular weight excluding hydrogens is 328 g/mol. The number of benzene rings is 2. The molecule has 1 heterocycles. The lowest BCUT2D eigenvalue weighted by Crippen LogP contribution is -2.12. The molecule has 3 nitrogen and oxygen atoms in total. The summed E-state index contributed by atoms with van der Waals surface area (Å²) in [6.07, 6.45) is 3.04. The van der Waals surface area contributed by atoms with Gasteiger partial charge in [-0.05, 0) is 53.6 Å². The van der Waals surface area contributed by atoms with E-state index in [4.69, 9.17) is 0 Å². The second kappa shape index (κ2) is 6.34. The second-order valence-electron chi connectivity index (χ2n) is 6.68. The van der Waals surface area contributed by atoms with Crippen molar-refractivity contribution in [2.24, 2.45) is 5.92 Å². The van der Waals surface area contributed by atoms with Crippen molar-refractivity contribution in [2.75, 3.05) is 5.32 Å². The van der Waals surface area contributed by atoms with Gasteiger partial charge in [-0.3, -0.25) is 4.79 Å². The molecule has 1 aromatic heterocycles. The van der Waals surface area contributed by atoms with Crippen LogP contribution in [0.4, 0.5) is 5.00 Å². The van der Waals surface area contributed by atoms with Crippen LogP contribution in [0.15, 0.2) is 42.5 Å². The molecule has 0 saturated carbocycles. The third-order valence-electron chi connectivity index (χ3n) is 4.86. The fourth-order valence-electron chi connectivity index (χ4n) is 3.46. The van der Waals surface area contributed by atoms with Crippen molar-refractivity contribution >= 4 is 33.0 Å². The predicted molar refractivity (Wildman–Crippen MR) is 102 cm³/mol. The van der Waals surface area contributed by atoms with Crippen LogP contribution in [0.3, 0.4) is 0 Å². The van der Waals surface area contributed by atoms with Crippen LogP contribution in [0.1, 0.15) is 39.7 Å². The number of hydrogen-bond acceptors (Lipinski definition) is 3. The fourth-order valence-corrected chi connectivity index (χ4v) is 4.82. The first kappa shape index (κ1) is 15.9. The average Bonchev–Trinajstić information content (AvgIpc) is 2.97. The minimum absolute atomic E-state index is 0.158. The van der Waals surface area contributed by atoms with Gasteiger partial charge in [-0.15, -0.1) is 11.3 Å². The molecule has 0 aliphatic heterocycles. The van der Waals surface area contributed by atoms with E-state index in [1.807, 2.05) is 42.5 Å². The monoisotopic (exact) mass is 346 g/mol. The van der Waals surface area contributed by atoms with E-state index in [-0.39, 0.29) is 5.91 Å². The summed E-state index contributed by atoms with van der Waals surface area (Å²) in [5, 5.41) is 15.4. The number of fused-ring (bicyclic) bond motifs is 2. The Kier molecular flexibility index (Phi) is 4.03. The lowest BCUT2D eigenvalue weighted by Gasteiger charge is -2.17. The molecule has 4 rings (SSSR count). The van der Waals surface area contributed by atoms with Crippen molar-refractivity contribution in [2.45, 2.75) is 26.2 Å². The SMILES string of the molecule is C[C@@H]1CCc2c(sc(NC(=O)c3ccc4ccccc4c3)c2C#N)C1.